The molecular formula is C10H9IN4O2S. The standard InChI is InChI=1S/C10H9IN4O2S/c11-6-2-1-3-7(4-6)15-9(12)13-14-10(15)18-5-8(16)17/h1-4H,5H2,(H2,12,13)(H,16,17). The lowest BCUT2D eigenvalue weighted by molar-refractivity contribution is -0.133. The first-order valence-electron chi connectivity index (χ1n) is 4.89. The maximum atomic E-state index is 10.6. The zero-order valence-corrected chi connectivity index (χ0v) is 12.1. The SMILES string of the molecule is Nc1nnc(SCC(=O)O)n1-c1cccc(I)c1. The number of nitrogen functional groups attached to an aromatic ring is 1. The molecule has 2 rings (SSSR count). The van der Waals surface area contributed by atoms with Gasteiger partial charge in [0, 0.05) is 3.57 Å². The van der Waals surface area contributed by atoms with E-state index in [9.17, 15) is 4.79 Å². The molecule has 0 unspecified atom stereocenters. The van der Waals surface area contributed by atoms with E-state index in [0.29, 0.717) is 5.16 Å². The van der Waals surface area contributed by atoms with Gasteiger partial charge in [-0.05, 0) is 40.8 Å². The van der Waals surface area contributed by atoms with Crippen LogP contribution in [-0.4, -0.2) is 31.6 Å². The summed E-state index contributed by atoms with van der Waals surface area (Å²) in [6.45, 7) is 0. The van der Waals surface area contributed by atoms with E-state index in [0.717, 1.165) is 21.0 Å². The number of rotatable bonds is 4. The third kappa shape index (κ3) is 2.93. The summed E-state index contributed by atoms with van der Waals surface area (Å²) in [4.78, 5) is 10.6. The van der Waals surface area contributed by atoms with Crippen LogP contribution in [0.1, 0.15) is 0 Å². The van der Waals surface area contributed by atoms with Crippen LogP contribution in [0, 0.1) is 3.57 Å². The van der Waals surface area contributed by atoms with Crippen molar-refractivity contribution in [3.63, 3.8) is 0 Å². The van der Waals surface area contributed by atoms with Crippen LogP contribution < -0.4 is 5.73 Å². The molecule has 1 aromatic heterocycles. The van der Waals surface area contributed by atoms with E-state index in [2.05, 4.69) is 32.8 Å². The molecule has 1 heterocycles. The number of carbonyl (C=O) groups is 1. The molecule has 94 valence electrons. The van der Waals surface area contributed by atoms with Crippen LogP contribution in [0.15, 0.2) is 29.4 Å². The van der Waals surface area contributed by atoms with Crippen molar-refractivity contribution in [2.75, 3.05) is 11.5 Å². The maximum absolute atomic E-state index is 10.6. The minimum Gasteiger partial charge on any atom is -0.481 e. The van der Waals surface area contributed by atoms with E-state index >= 15 is 0 Å². The number of thioether (sulfide) groups is 1. The third-order valence-corrected chi connectivity index (χ3v) is 3.63. The van der Waals surface area contributed by atoms with Gasteiger partial charge in [-0.15, -0.1) is 10.2 Å². The number of carboxylic acid groups (broad SMARTS) is 1. The quantitative estimate of drug-likeness (QED) is 0.622. The van der Waals surface area contributed by atoms with E-state index < -0.39 is 5.97 Å². The zero-order chi connectivity index (χ0) is 13.1. The van der Waals surface area contributed by atoms with Gasteiger partial charge in [0.15, 0.2) is 5.16 Å². The number of hydrogen-bond donors (Lipinski definition) is 2. The van der Waals surface area contributed by atoms with Gasteiger partial charge in [0.25, 0.3) is 0 Å². The van der Waals surface area contributed by atoms with Gasteiger partial charge in [-0.3, -0.25) is 9.36 Å². The molecule has 18 heavy (non-hydrogen) atoms. The van der Waals surface area contributed by atoms with E-state index in [1.165, 1.54) is 0 Å². The van der Waals surface area contributed by atoms with Crippen molar-refractivity contribution >= 4 is 46.3 Å². The van der Waals surface area contributed by atoms with E-state index in [1.807, 2.05) is 24.3 Å². The van der Waals surface area contributed by atoms with Crippen molar-refractivity contribution in [2.24, 2.45) is 0 Å². The Labute approximate surface area is 121 Å². The van der Waals surface area contributed by atoms with Gasteiger partial charge >= 0.3 is 5.97 Å². The summed E-state index contributed by atoms with van der Waals surface area (Å²) in [5.74, 6) is -0.747. The molecule has 6 nitrogen and oxygen atoms in total. The first kappa shape index (κ1) is 13.1. The number of aromatic nitrogens is 3. The number of nitrogens with two attached hydrogens (primary N) is 1. The molecule has 0 aliphatic rings. The molecule has 0 bridgehead atoms. The Balaban J connectivity index is 2.37. The molecule has 8 heteroatoms. The molecule has 0 spiro atoms. The number of halogens is 1. The minimum atomic E-state index is -0.907. The Morgan fingerprint density at radius 3 is 2.94 bits per heavy atom. The van der Waals surface area contributed by atoms with Crippen LogP contribution in [0.3, 0.4) is 0 Å². The van der Waals surface area contributed by atoms with Gasteiger partial charge in [-0.1, -0.05) is 17.8 Å². The number of hydrogen-bond acceptors (Lipinski definition) is 5. The van der Waals surface area contributed by atoms with Crippen LogP contribution >= 0.6 is 34.4 Å². The highest BCUT2D eigenvalue weighted by Gasteiger charge is 2.13. The highest BCUT2D eigenvalue weighted by atomic mass is 127. The number of anilines is 1. The fourth-order valence-electron chi connectivity index (χ4n) is 1.36. The van der Waals surface area contributed by atoms with Crippen molar-refractivity contribution in [1.82, 2.24) is 14.8 Å². The summed E-state index contributed by atoms with van der Waals surface area (Å²) in [5.41, 5.74) is 6.57. The second-order valence-electron chi connectivity index (χ2n) is 3.34. The second kappa shape index (κ2) is 5.57. The van der Waals surface area contributed by atoms with Crippen LogP contribution in [-0.2, 0) is 4.79 Å². The molecule has 0 aliphatic heterocycles. The zero-order valence-electron chi connectivity index (χ0n) is 9.08. The number of aliphatic carboxylic acids is 1. The first-order chi connectivity index (χ1) is 8.58. The number of nitrogens with zero attached hydrogens (tertiary/aromatic N) is 3. The summed E-state index contributed by atoms with van der Waals surface area (Å²) in [6.07, 6.45) is 0. The highest BCUT2D eigenvalue weighted by Crippen LogP contribution is 2.23. The van der Waals surface area contributed by atoms with Gasteiger partial charge in [-0.25, -0.2) is 0 Å². The van der Waals surface area contributed by atoms with Crippen molar-refractivity contribution in [3.8, 4) is 5.69 Å². The molecule has 2 aromatic rings. The maximum Gasteiger partial charge on any atom is 0.313 e. The highest BCUT2D eigenvalue weighted by molar-refractivity contribution is 14.1. The molecule has 1 aromatic carbocycles. The topological polar surface area (TPSA) is 94.0 Å². The lowest BCUT2D eigenvalue weighted by atomic mass is 10.3. The Morgan fingerprint density at radius 2 is 2.28 bits per heavy atom. The van der Waals surface area contributed by atoms with Crippen molar-refractivity contribution in [1.29, 1.82) is 0 Å². The predicted molar refractivity (Wildman–Crippen MR) is 76.8 cm³/mol. The largest absolute Gasteiger partial charge is 0.481 e. The first-order valence-corrected chi connectivity index (χ1v) is 6.96. The summed E-state index contributed by atoms with van der Waals surface area (Å²) in [7, 11) is 0. The van der Waals surface area contributed by atoms with Crippen LogP contribution in [0.25, 0.3) is 5.69 Å². The van der Waals surface area contributed by atoms with Gasteiger partial charge in [0.1, 0.15) is 0 Å². The average Bonchev–Trinajstić information content (AvgIpc) is 2.68. The molecule has 0 radical (unpaired) electrons. The average molecular weight is 376 g/mol. The monoisotopic (exact) mass is 376 g/mol. The van der Waals surface area contributed by atoms with Crippen molar-refractivity contribution in [3.05, 3.63) is 27.8 Å². The van der Waals surface area contributed by atoms with E-state index in [-0.39, 0.29) is 11.7 Å². The predicted octanol–water partition coefficient (Wildman–Crippen LogP) is 1.63. The summed E-state index contributed by atoms with van der Waals surface area (Å²) >= 11 is 3.27. The molecule has 0 atom stereocenters. The molecule has 0 amide bonds. The lowest BCUT2D eigenvalue weighted by Gasteiger charge is -2.07. The minimum absolute atomic E-state index is 0.0813. The smallest absolute Gasteiger partial charge is 0.313 e. The van der Waals surface area contributed by atoms with Crippen LogP contribution in [0.5, 0.6) is 0 Å². The Bertz CT molecular complexity index is 587. The number of benzene rings is 1. The van der Waals surface area contributed by atoms with Gasteiger partial charge in [-0.2, -0.15) is 0 Å². The second-order valence-corrected chi connectivity index (χ2v) is 5.53. The molecule has 3 N–H and O–H groups in total. The lowest BCUT2D eigenvalue weighted by Crippen LogP contribution is -2.04. The van der Waals surface area contributed by atoms with Crippen molar-refractivity contribution < 1.29 is 9.90 Å². The fraction of sp³-hybridized carbons (Fsp3) is 0.100. The summed E-state index contributed by atoms with van der Waals surface area (Å²) in [6, 6.07) is 7.63. The fourth-order valence-corrected chi connectivity index (χ4v) is 2.56. The van der Waals surface area contributed by atoms with E-state index in [4.69, 9.17) is 10.8 Å². The summed E-state index contributed by atoms with van der Waals surface area (Å²) < 4.78 is 2.68. The van der Waals surface area contributed by atoms with Crippen LogP contribution in [0.2, 0.25) is 0 Å². The summed E-state index contributed by atoms with van der Waals surface area (Å²) in [5, 5.41) is 16.8. The van der Waals surface area contributed by atoms with Crippen molar-refractivity contribution in [2.45, 2.75) is 5.16 Å². The van der Waals surface area contributed by atoms with Gasteiger partial charge in [0.2, 0.25) is 5.95 Å². The third-order valence-electron chi connectivity index (χ3n) is 2.05. The van der Waals surface area contributed by atoms with E-state index in [1.54, 1.807) is 4.57 Å². The molecule has 0 fully saturated rings. The Kier molecular flexibility index (Phi) is 4.07. The van der Waals surface area contributed by atoms with Gasteiger partial charge in [0.05, 0.1) is 11.4 Å². The normalized spacial score (nSPS) is 10.5. The van der Waals surface area contributed by atoms with Crippen LogP contribution in [0.4, 0.5) is 5.95 Å². The Hall–Kier alpha value is -1.29. The van der Waals surface area contributed by atoms with Gasteiger partial charge < -0.3 is 10.8 Å². The molecule has 0 saturated heterocycles. The molecule has 0 saturated carbocycles. The molecule has 0 aliphatic carbocycles. The Morgan fingerprint density at radius 1 is 1.50 bits per heavy atom. The molecular weight excluding hydrogens is 367 g/mol. The number of carboxylic acids is 1.